The minimum Gasteiger partial charge on any atom is -0.481 e. The summed E-state index contributed by atoms with van der Waals surface area (Å²) in [7, 11) is 0. The van der Waals surface area contributed by atoms with Crippen LogP contribution in [-0.2, 0) is 23.9 Å². The zero-order chi connectivity index (χ0) is 14.1. The second-order valence-corrected chi connectivity index (χ2v) is 5.90. The Morgan fingerprint density at radius 2 is 1.67 bits per heavy atom. The number of aliphatic carboxylic acids is 2. The summed E-state index contributed by atoms with van der Waals surface area (Å²) in [6.45, 7) is 0. The van der Waals surface area contributed by atoms with Gasteiger partial charge in [-0.15, -0.1) is 0 Å². The third kappa shape index (κ3) is 3.38. The second kappa shape index (κ2) is 5.08. The van der Waals surface area contributed by atoms with E-state index in [0.29, 0.717) is 0 Å². The summed E-state index contributed by atoms with van der Waals surface area (Å²) in [5.41, 5.74) is -2.19. The monoisotopic (exact) mass is 320 g/mol. The molecule has 0 saturated carbocycles. The Morgan fingerprint density at radius 3 is 1.94 bits per heavy atom. The summed E-state index contributed by atoms with van der Waals surface area (Å²) in [4.78, 5) is 32.9. The van der Waals surface area contributed by atoms with Crippen LogP contribution < -0.4 is 0 Å². The normalized spacial score (nSPS) is 22.6. The van der Waals surface area contributed by atoms with E-state index in [1.807, 2.05) is 0 Å². The molecule has 0 bridgehead atoms. The molecule has 0 aromatic heterocycles. The highest BCUT2D eigenvalue weighted by Gasteiger charge is 2.58. The van der Waals surface area contributed by atoms with Gasteiger partial charge in [0, 0.05) is 0 Å². The number of carboxylic acid groups (broad SMARTS) is 2. The molecule has 0 unspecified atom stereocenters. The topological polar surface area (TPSA) is 110 Å². The predicted octanol–water partition coefficient (Wildman–Crippen LogP) is 0.944. The fourth-order valence-corrected chi connectivity index (χ4v) is 1.66. The van der Waals surface area contributed by atoms with Gasteiger partial charge in [0.2, 0.25) is 0 Å². The Bertz CT molecular complexity index is 373. The Balaban J connectivity index is 3.01. The first-order chi connectivity index (χ1) is 8.07. The first-order valence-corrected chi connectivity index (χ1v) is 5.59. The van der Waals surface area contributed by atoms with Crippen molar-refractivity contribution >= 4 is 52.7 Å². The molecule has 0 aromatic carbocycles. The molecular weight excluding hydrogens is 314 g/mol. The first kappa shape index (κ1) is 15.3. The average Bonchev–Trinajstić information content (AvgIpc) is 2.40. The lowest BCUT2D eigenvalue weighted by atomic mass is 9.96. The van der Waals surface area contributed by atoms with E-state index in [0.717, 1.165) is 0 Å². The summed E-state index contributed by atoms with van der Waals surface area (Å²) in [6, 6.07) is 0. The SMILES string of the molecule is O=C(O)CC1(CC(=O)O)O[C@H](C(Cl)(Cl)Cl)OC1=O. The summed E-state index contributed by atoms with van der Waals surface area (Å²) < 4.78 is 7.33. The molecule has 0 radical (unpaired) electrons. The minimum absolute atomic E-state index is 0.907. The third-order valence-electron chi connectivity index (χ3n) is 2.06. The van der Waals surface area contributed by atoms with E-state index in [1.165, 1.54) is 0 Å². The molecule has 102 valence electrons. The van der Waals surface area contributed by atoms with Crippen molar-refractivity contribution in [1.29, 1.82) is 0 Å². The smallest absolute Gasteiger partial charge is 0.342 e. The van der Waals surface area contributed by atoms with Gasteiger partial charge in [-0.3, -0.25) is 9.59 Å². The number of alkyl halides is 3. The van der Waals surface area contributed by atoms with Crippen LogP contribution >= 0.6 is 34.8 Å². The van der Waals surface area contributed by atoms with Crippen LogP contribution in [0.15, 0.2) is 0 Å². The average molecular weight is 321 g/mol. The van der Waals surface area contributed by atoms with E-state index in [2.05, 4.69) is 4.74 Å². The summed E-state index contributed by atoms with van der Waals surface area (Å²) in [5, 5.41) is 17.4. The van der Waals surface area contributed by atoms with Crippen molar-refractivity contribution in [2.45, 2.75) is 28.5 Å². The first-order valence-electron chi connectivity index (χ1n) is 4.46. The molecule has 2 N–H and O–H groups in total. The summed E-state index contributed by atoms with van der Waals surface area (Å²) >= 11 is 16.3. The maximum Gasteiger partial charge on any atom is 0.342 e. The Kier molecular flexibility index (Phi) is 4.32. The van der Waals surface area contributed by atoms with Gasteiger partial charge < -0.3 is 19.7 Å². The van der Waals surface area contributed by atoms with Crippen LogP contribution in [0.3, 0.4) is 0 Å². The maximum atomic E-state index is 11.6. The Labute approximate surface area is 115 Å². The number of ether oxygens (including phenoxy) is 2. The van der Waals surface area contributed by atoms with Gasteiger partial charge in [-0.1, -0.05) is 34.8 Å². The standard InChI is InChI=1S/C8H7Cl3O7/c9-8(10,11)6-17-5(16)7(18-6,1-3(12)13)2-4(14)15/h6H,1-2H2,(H,12,13)(H,14,15)/t6-/m1/s1. The fraction of sp³-hybridized carbons (Fsp3) is 0.625. The van der Waals surface area contributed by atoms with Crippen molar-refractivity contribution in [3.8, 4) is 0 Å². The number of hydrogen-bond donors (Lipinski definition) is 2. The molecule has 1 rings (SSSR count). The number of carbonyl (C=O) groups is 3. The quantitative estimate of drug-likeness (QED) is 0.585. The molecule has 0 spiro atoms. The van der Waals surface area contributed by atoms with Crippen molar-refractivity contribution < 1.29 is 34.1 Å². The van der Waals surface area contributed by atoms with Gasteiger partial charge in [-0.05, 0) is 0 Å². The van der Waals surface area contributed by atoms with Crippen molar-refractivity contribution in [3.05, 3.63) is 0 Å². The van der Waals surface area contributed by atoms with Crippen LogP contribution in [0.2, 0.25) is 0 Å². The minimum atomic E-state index is -2.19. The molecule has 18 heavy (non-hydrogen) atoms. The van der Waals surface area contributed by atoms with E-state index >= 15 is 0 Å². The van der Waals surface area contributed by atoms with E-state index in [-0.39, 0.29) is 0 Å². The van der Waals surface area contributed by atoms with Crippen molar-refractivity contribution in [1.82, 2.24) is 0 Å². The zero-order valence-electron chi connectivity index (χ0n) is 8.56. The number of carbonyl (C=O) groups excluding carboxylic acids is 1. The van der Waals surface area contributed by atoms with E-state index in [4.69, 9.17) is 49.8 Å². The van der Waals surface area contributed by atoms with E-state index in [9.17, 15) is 14.4 Å². The van der Waals surface area contributed by atoms with Crippen molar-refractivity contribution in [2.75, 3.05) is 0 Å². The molecule has 1 saturated heterocycles. The van der Waals surface area contributed by atoms with Gasteiger partial charge in [-0.25, -0.2) is 4.79 Å². The fourth-order valence-electron chi connectivity index (χ4n) is 1.39. The van der Waals surface area contributed by atoms with Crippen molar-refractivity contribution in [2.24, 2.45) is 0 Å². The van der Waals surface area contributed by atoms with Gasteiger partial charge in [0.1, 0.15) is 0 Å². The Hall–Kier alpha value is -0.760. The van der Waals surface area contributed by atoms with Gasteiger partial charge in [-0.2, -0.15) is 0 Å². The molecule has 1 aliphatic rings. The van der Waals surface area contributed by atoms with Gasteiger partial charge in [0.05, 0.1) is 12.8 Å². The van der Waals surface area contributed by atoms with E-state index < -0.39 is 46.4 Å². The molecule has 1 heterocycles. The number of carboxylic acids is 2. The lowest BCUT2D eigenvalue weighted by molar-refractivity contribution is -0.158. The van der Waals surface area contributed by atoms with Crippen LogP contribution in [0.1, 0.15) is 12.8 Å². The second-order valence-electron chi connectivity index (χ2n) is 3.53. The van der Waals surface area contributed by atoms with Crippen LogP contribution in [0, 0.1) is 0 Å². The molecule has 0 aromatic rings. The van der Waals surface area contributed by atoms with Crippen molar-refractivity contribution in [3.63, 3.8) is 0 Å². The third-order valence-corrected chi connectivity index (χ3v) is 2.59. The van der Waals surface area contributed by atoms with Gasteiger partial charge >= 0.3 is 17.9 Å². The van der Waals surface area contributed by atoms with Crippen LogP contribution in [0.25, 0.3) is 0 Å². The Morgan fingerprint density at radius 1 is 1.22 bits per heavy atom. The number of halogens is 3. The molecule has 0 aliphatic carbocycles. The molecule has 1 fully saturated rings. The lowest BCUT2D eigenvalue weighted by Crippen LogP contribution is -2.42. The number of esters is 1. The molecular formula is C8H7Cl3O7. The zero-order valence-corrected chi connectivity index (χ0v) is 10.8. The largest absolute Gasteiger partial charge is 0.481 e. The summed E-state index contributed by atoms with van der Waals surface area (Å²) in [6.07, 6.45) is -3.47. The number of cyclic esters (lactones) is 1. The van der Waals surface area contributed by atoms with Crippen LogP contribution in [0.5, 0.6) is 0 Å². The molecule has 1 atom stereocenters. The molecule has 10 heteroatoms. The van der Waals surface area contributed by atoms with E-state index in [1.54, 1.807) is 0 Å². The lowest BCUT2D eigenvalue weighted by Gasteiger charge is -2.22. The highest BCUT2D eigenvalue weighted by Crippen LogP contribution is 2.42. The molecule has 0 amide bonds. The maximum absolute atomic E-state index is 11.6. The van der Waals surface area contributed by atoms with Crippen LogP contribution in [0.4, 0.5) is 0 Å². The number of rotatable bonds is 4. The van der Waals surface area contributed by atoms with Crippen LogP contribution in [-0.4, -0.2) is 43.8 Å². The molecule has 7 nitrogen and oxygen atoms in total. The van der Waals surface area contributed by atoms with Gasteiger partial charge in [0.25, 0.3) is 10.1 Å². The van der Waals surface area contributed by atoms with Gasteiger partial charge in [0.15, 0.2) is 5.60 Å². The molecule has 1 aliphatic heterocycles. The summed E-state index contributed by atoms with van der Waals surface area (Å²) in [5.74, 6) is -4.08. The number of hydrogen-bond acceptors (Lipinski definition) is 5. The highest BCUT2D eigenvalue weighted by atomic mass is 35.6. The predicted molar refractivity (Wildman–Crippen MR) is 58.5 cm³/mol. The highest BCUT2D eigenvalue weighted by molar-refractivity contribution is 6.68.